The van der Waals surface area contributed by atoms with Crippen molar-refractivity contribution in [2.45, 2.75) is 0 Å². The topological polar surface area (TPSA) is 63.0 Å². The zero-order valence-corrected chi connectivity index (χ0v) is 9.00. The van der Waals surface area contributed by atoms with Gasteiger partial charge in [-0.2, -0.15) is 13.8 Å². The predicted octanol–water partition coefficient (Wildman–Crippen LogP) is 1.10. The van der Waals surface area contributed by atoms with Crippen LogP contribution in [0.4, 0.5) is 14.5 Å². The van der Waals surface area contributed by atoms with Crippen LogP contribution in [0, 0.1) is 11.9 Å². The van der Waals surface area contributed by atoms with Crippen molar-refractivity contribution in [2.24, 2.45) is 5.73 Å². The molecule has 17 heavy (non-hydrogen) atoms. The number of hydrogen-bond acceptors (Lipinski definition) is 4. The predicted molar refractivity (Wildman–Crippen MR) is 61.0 cm³/mol. The van der Waals surface area contributed by atoms with Gasteiger partial charge >= 0.3 is 0 Å². The van der Waals surface area contributed by atoms with E-state index >= 15 is 0 Å². The first-order valence-electron chi connectivity index (χ1n) is 5.12. The molecule has 0 aliphatic carbocycles. The molecular weight excluding hydrogens is 226 g/mol. The lowest BCUT2D eigenvalue weighted by Gasteiger charge is -2.17. The SMILES string of the molecule is NCC1=CC=C(Nc2ccc(F)nc2F)NC1. The monoisotopic (exact) mass is 238 g/mol. The summed E-state index contributed by atoms with van der Waals surface area (Å²) in [5.41, 5.74) is 6.64. The number of aromatic nitrogens is 1. The Morgan fingerprint density at radius 3 is 2.76 bits per heavy atom. The molecule has 0 saturated heterocycles. The molecule has 0 aromatic carbocycles. The van der Waals surface area contributed by atoms with Crippen LogP contribution in [0.2, 0.25) is 0 Å². The number of nitrogens with two attached hydrogens (primary N) is 1. The molecule has 0 spiro atoms. The van der Waals surface area contributed by atoms with Crippen molar-refractivity contribution < 1.29 is 8.78 Å². The van der Waals surface area contributed by atoms with Gasteiger partial charge in [-0.05, 0) is 23.8 Å². The van der Waals surface area contributed by atoms with E-state index in [0.717, 1.165) is 11.6 Å². The summed E-state index contributed by atoms with van der Waals surface area (Å²) in [5, 5.41) is 5.81. The lowest BCUT2D eigenvalue weighted by Crippen LogP contribution is -2.27. The summed E-state index contributed by atoms with van der Waals surface area (Å²) in [5.74, 6) is -1.10. The van der Waals surface area contributed by atoms with E-state index in [4.69, 9.17) is 5.73 Å². The first-order chi connectivity index (χ1) is 8.19. The number of nitrogens with zero attached hydrogens (tertiary/aromatic N) is 1. The smallest absolute Gasteiger partial charge is 0.239 e. The highest BCUT2D eigenvalue weighted by molar-refractivity contribution is 5.48. The van der Waals surface area contributed by atoms with Gasteiger partial charge in [-0.25, -0.2) is 0 Å². The largest absolute Gasteiger partial charge is 0.368 e. The van der Waals surface area contributed by atoms with Gasteiger partial charge in [0.25, 0.3) is 0 Å². The second-order valence-corrected chi connectivity index (χ2v) is 3.56. The molecule has 4 nitrogen and oxygen atoms in total. The van der Waals surface area contributed by atoms with Gasteiger partial charge in [-0.15, -0.1) is 0 Å². The molecule has 2 rings (SSSR count). The van der Waals surface area contributed by atoms with Gasteiger partial charge in [0.05, 0.1) is 5.69 Å². The average Bonchev–Trinajstić information content (AvgIpc) is 2.34. The van der Waals surface area contributed by atoms with Gasteiger partial charge in [0.1, 0.15) is 5.82 Å². The second kappa shape index (κ2) is 4.92. The fourth-order valence-corrected chi connectivity index (χ4v) is 1.40. The van der Waals surface area contributed by atoms with Crippen molar-refractivity contribution in [2.75, 3.05) is 18.4 Å². The molecule has 1 aromatic rings. The van der Waals surface area contributed by atoms with Crippen LogP contribution in [0.25, 0.3) is 0 Å². The summed E-state index contributed by atoms with van der Waals surface area (Å²) in [6.45, 7) is 1.08. The third-order valence-corrected chi connectivity index (χ3v) is 2.34. The summed E-state index contributed by atoms with van der Waals surface area (Å²) in [6, 6.07) is 2.39. The van der Waals surface area contributed by atoms with Gasteiger partial charge < -0.3 is 16.4 Å². The lowest BCUT2D eigenvalue weighted by molar-refractivity contribution is 0.515. The number of rotatable bonds is 3. The van der Waals surface area contributed by atoms with Crippen LogP contribution in [-0.4, -0.2) is 18.1 Å². The molecule has 0 amide bonds. The van der Waals surface area contributed by atoms with Crippen LogP contribution < -0.4 is 16.4 Å². The van der Waals surface area contributed by atoms with E-state index in [1.807, 2.05) is 6.08 Å². The average molecular weight is 238 g/mol. The molecule has 0 fully saturated rings. The Labute approximate surface area is 97.2 Å². The van der Waals surface area contributed by atoms with E-state index in [-0.39, 0.29) is 5.69 Å². The maximum atomic E-state index is 13.2. The number of allylic oxidation sites excluding steroid dienone is 2. The zero-order chi connectivity index (χ0) is 12.3. The highest BCUT2D eigenvalue weighted by Gasteiger charge is 2.08. The summed E-state index contributed by atoms with van der Waals surface area (Å²) in [7, 11) is 0. The first kappa shape index (κ1) is 11.5. The minimum atomic E-state index is -0.874. The number of dihydropyridines is 1. The Morgan fingerprint density at radius 1 is 1.35 bits per heavy atom. The molecule has 4 N–H and O–H groups in total. The van der Waals surface area contributed by atoms with Gasteiger partial charge in [0.15, 0.2) is 0 Å². The van der Waals surface area contributed by atoms with E-state index in [1.54, 1.807) is 6.08 Å². The van der Waals surface area contributed by atoms with Crippen LogP contribution in [-0.2, 0) is 0 Å². The van der Waals surface area contributed by atoms with Crippen molar-refractivity contribution in [3.05, 3.63) is 47.6 Å². The Hall–Kier alpha value is -1.95. The molecule has 0 atom stereocenters. The van der Waals surface area contributed by atoms with Crippen LogP contribution in [0.3, 0.4) is 0 Å². The molecule has 1 aliphatic rings. The second-order valence-electron chi connectivity index (χ2n) is 3.56. The Morgan fingerprint density at radius 2 is 2.18 bits per heavy atom. The van der Waals surface area contributed by atoms with Crippen molar-refractivity contribution in [1.82, 2.24) is 10.3 Å². The number of anilines is 1. The standard InChI is InChI=1S/C11H12F2N4/c12-9-3-2-8(11(13)17-9)16-10-4-1-7(5-14)6-15-10/h1-4,15-16H,5-6,14H2. The molecule has 0 radical (unpaired) electrons. The minimum absolute atomic E-state index is 0.120. The molecule has 0 saturated carbocycles. The van der Waals surface area contributed by atoms with Gasteiger partial charge in [-0.3, -0.25) is 0 Å². The summed E-state index contributed by atoms with van der Waals surface area (Å²) >= 11 is 0. The van der Waals surface area contributed by atoms with Crippen LogP contribution in [0.1, 0.15) is 0 Å². The third kappa shape index (κ3) is 2.79. The molecule has 0 unspecified atom stereocenters. The fourth-order valence-electron chi connectivity index (χ4n) is 1.40. The molecule has 1 aromatic heterocycles. The van der Waals surface area contributed by atoms with Crippen molar-refractivity contribution in [3.8, 4) is 0 Å². The summed E-state index contributed by atoms with van der Waals surface area (Å²) in [4.78, 5) is 3.08. The maximum absolute atomic E-state index is 13.2. The molecule has 90 valence electrons. The number of hydrogen-bond donors (Lipinski definition) is 3. The van der Waals surface area contributed by atoms with Gasteiger partial charge in [0, 0.05) is 13.1 Å². The first-order valence-corrected chi connectivity index (χ1v) is 5.12. The number of nitrogens with one attached hydrogen (secondary N) is 2. The van der Waals surface area contributed by atoms with Crippen LogP contribution in [0.15, 0.2) is 35.7 Å². The Balaban J connectivity index is 2.12. The van der Waals surface area contributed by atoms with E-state index in [1.165, 1.54) is 6.07 Å². The van der Waals surface area contributed by atoms with E-state index in [0.29, 0.717) is 18.9 Å². The van der Waals surface area contributed by atoms with Crippen LogP contribution >= 0.6 is 0 Å². The van der Waals surface area contributed by atoms with Crippen molar-refractivity contribution >= 4 is 5.69 Å². The van der Waals surface area contributed by atoms with E-state index in [9.17, 15) is 8.78 Å². The Kier molecular flexibility index (Phi) is 3.34. The summed E-state index contributed by atoms with van der Waals surface area (Å²) < 4.78 is 25.8. The molecule has 0 bridgehead atoms. The van der Waals surface area contributed by atoms with Crippen molar-refractivity contribution in [1.29, 1.82) is 0 Å². The minimum Gasteiger partial charge on any atom is -0.368 e. The highest BCUT2D eigenvalue weighted by Crippen LogP contribution is 2.14. The van der Waals surface area contributed by atoms with Crippen LogP contribution in [0.5, 0.6) is 0 Å². The van der Waals surface area contributed by atoms with E-state index in [2.05, 4.69) is 15.6 Å². The van der Waals surface area contributed by atoms with E-state index < -0.39 is 11.9 Å². The Bertz CT molecular complexity index is 482. The quantitative estimate of drug-likeness (QED) is 0.690. The number of halogens is 2. The highest BCUT2D eigenvalue weighted by atomic mass is 19.1. The van der Waals surface area contributed by atoms with Gasteiger partial charge in [0.2, 0.25) is 11.9 Å². The van der Waals surface area contributed by atoms with Gasteiger partial charge in [-0.1, -0.05) is 6.08 Å². The molecule has 2 heterocycles. The summed E-state index contributed by atoms with van der Waals surface area (Å²) in [6.07, 6.45) is 3.60. The zero-order valence-electron chi connectivity index (χ0n) is 9.00. The van der Waals surface area contributed by atoms with Crippen molar-refractivity contribution in [3.63, 3.8) is 0 Å². The molecular formula is C11H12F2N4. The molecule has 6 heteroatoms. The number of pyridine rings is 1. The fraction of sp³-hybridized carbons (Fsp3) is 0.182. The maximum Gasteiger partial charge on any atom is 0.239 e. The third-order valence-electron chi connectivity index (χ3n) is 2.34. The lowest BCUT2D eigenvalue weighted by atomic mass is 10.2. The normalized spacial score (nSPS) is 14.8. The molecule has 1 aliphatic heterocycles.